The summed E-state index contributed by atoms with van der Waals surface area (Å²) in [6.07, 6.45) is 0. The Kier molecular flexibility index (Phi) is 10.2. The molecule has 0 saturated heterocycles. The summed E-state index contributed by atoms with van der Waals surface area (Å²) in [6.45, 7) is 1.49. The minimum absolute atomic E-state index is 0.0359. The number of ketones is 2. The number of nitrogen functional groups attached to an aromatic ring is 1. The monoisotopic (exact) mass is 698 g/mol. The van der Waals surface area contributed by atoms with Gasteiger partial charge in [-0.05, 0) is 59.5 Å². The topological polar surface area (TPSA) is 73.1 Å². The van der Waals surface area contributed by atoms with E-state index >= 15 is 0 Å². The summed E-state index contributed by atoms with van der Waals surface area (Å²) in [6, 6.07) is 30.3. The van der Waals surface area contributed by atoms with Crippen LogP contribution < -0.4 is 5.73 Å². The number of hydrogen-bond donors (Lipinski definition) is 1. The first-order chi connectivity index (χ1) is 22.2. The fraction of sp³-hybridized carbons (Fsp3) is 0.0541. The van der Waals surface area contributed by atoms with Gasteiger partial charge in [-0.15, -0.1) is 11.3 Å². The van der Waals surface area contributed by atoms with Crippen LogP contribution in [0.5, 0.6) is 0 Å². The number of thiazole rings is 1. The van der Waals surface area contributed by atoms with Crippen molar-refractivity contribution >= 4 is 76.3 Å². The quantitative estimate of drug-likeness (QED) is 0.147. The van der Waals surface area contributed by atoms with Crippen LogP contribution in [0.25, 0.3) is 43.6 Å². The van der Waals surface area contributed by atoms with Gasteiger partial charge in [0, 0.05) is 38.2 Å². The maximum atomic E-state index is 13.6. The molecule has 7 rings (SSSR count). The predicted molar refractivity (Wildman–Crippen MR) is 185 cm³/mol. The van der Waals surface area contributed by atoms with Gasteiger partial charge in [-0.1, -0.05) is 88.7 Å². The van der Waals surface area contributed by atoms with Crippen LogP contribution in [0.3, 0.4) is 0 Å². The second-order valence-corrected chi connectivity index (χ2v) is 11.6. The normalized spacial score (nSPS) is 10.6. The molecule has 0 aliphatic heterocycles. The van der Waals surface area contributed by atoms with Gasteiger partial charge >= 0.3 is 0 Å². The lowest BCUT2D eigenvalue weighted by Crippen LogP contribution is -2.01. The molecule has 0 saturated carbocycles. The molecule has 0 aliphatic rings. The molecule has 0 atom stereocenters. The molecule has 4 nitrogen and oxygen atoms in total. The number of carbonyl (C=O) groups excluding carboxylic acids is 2. The highest BCUT2D eigenvalue weighted by atomic mass is 79.9. The highest BCUT2D eigenvalue weighted by molar-refractivity contribution is 9.09. The van der Waals surface area contributed by atoms with Crippen molar-refractivity contribution in [2.24, 2.45) is 0 Å². The number of anilines is 1. The number of benzene rings is 6. The van der Waals surface area contributed by atoms with Crippen LogP contribution in [-0.4, -0.2) is 21.9 Å². The second kappa shape index (κ2) is 14.5. The van der Waals surface area contributed by atoms with Crippen LogP contribution in [0.4, 0.5) is 18.3 Å². The Morgan fingerprint density at radius 1 is 0.652 bits per heavy atom. The fourth-order valence-corrected chi connectivity index (χ4v) is 5.91. The number of fused-ring (bicyclic) bond motifs is 3. The molecule has 0 fully saturated rings. The molecule has 0 spiro atoms. The van der Waals surface area contributed by atoms with Crippen molar-refractivity contribution in [2.75, 3.05) is 11.1 Å². The molecular formula is C37H26BrF3N2O2S. The summed E-state index contributed by atoms with van der Waals surface area (Å²) in [5.74, 6) is -0.873. The Morgan fingerprint density at radius 3 is 1.57 bits per heavy atom. The Bertz CT molecular complexity index is 2220. The van der Waals surface area contributed by atoms with Gasteiger partial charge in [-0.25, -0.2) is 18.2 Å². The minimum atomic E-state index is -0.295. The SMILES string of the molecule is CC(=O)c1ccc(F)c2ccccc12.Nc1nc(-c2ccc(F)c3ccccc23)cs1.O=C(CBr)c1ccc(F)c2ccccc12. The van der Waals surface area contributed by atoms with Crippen LogP contribution in [0, 0.1) is 17.5 Å². The average Bonchev–Trinajstić information content (AvgIpc) is 3.51. The van der Waals surface area contributed by atoms with Crippen molar-refractivity contribution in [2.45, 2.75) is 6.92 Å². The average molecular weight is 700 g/mol. The lowest BCUT2D eigenvalue weighted by molar-refractivity contribution is 0.101. The van der Waals surface area contributed by atoms with Crippen molar-refractivity contribution in [3.05, 3.63) is 143 Å². The van der Waals surface area contributed by atoms with Crippen molar-refractivity contribution in [3.63, 3.8) is 0 Å². The van der Waals surface area contributed by atoms with E-state index in [1.54, 1.807) is 60.7 Å². The van der Waals surface area contributed by atoms with Crippen molar-refractivity contribution in [1.29, 1.82) is 0 Å². The van der Waals surface area contributed by atoms with Gasteiger partial charge in [0.25, 0.3) is 0 Å². The number of halogens is 4. The van der Waals surface area contributed by atoms with E-state index in [1.807, 2.05) is 23.6 Å². The summed E-state index contributed by atoms with van der Waals surface area (Å²) in [7, 11) is 0. The molecule has 46 heavy (non-hydrogen) atoms. The second-order valence-electron chi connectivity index (χ2n) is 10.1. The van der Waals surface area contributed by atoms with Gasteiger partial charge in [-0.3, -0.25) is 9.59 Å². The molecule has 1 aromatic heterocycles. The van der Waals surface area contributed by atoms with E-state index in [1.165, 1.54) is 48.6 Å². The van der Waals surface area contributed by atoms with Crippen LogP contribution in [0.1, 0.15) is 27.6 Å². The molecule has 2 N–H and O–H groups in total. The number of alkyl halides is 1. The molecule has 0 aliphatic carbocycles. The minimum Gasteiger partial charge on any atom is -0.375 e. The summed E-state index contributed by atoms with van der Waals surface area (Å²) >= 11 is 4.50. The highest BCUT2D eigenvalue weighted by Crippen LogP contribution is 2.31. The molecule has 7 aromatic rings. The van der Waals surface area contributed by atoms with Gasteiger partial charge in [0.2, 0.25) is 0 Å². The number of hydrogen-bond acceptors (Lipinski definition) is 5. The number of aromatic nitrogens is 1. The Balaban J connectivity index is 0.000000137. The van der Waals surface area contributed by atoms with E-state index in [2.05, 4.69) is 20.9 Å². The predicted octanol–water partition coefficient (Wildman–Crippen LogP) is 10.4. The third-order valence-corrected chi connectivity index (χ3v) is 8.39. The molecule has 1 heterocycles. The van der Waals surface area contributed by atoms with E-state index < -0.39 is 0 Å². The fourth-order valence-electron chi connectivity index (χ4n) is 5.04. The molecule has 9 heteroatoms. The Hall–Kier alpha value is -4.86. The van der Waals surface area contributed by atoms with E-state index in [0.717, 1.165) is 16.6 Å². The van der Waals surface area contributed by atoms with Gasteiger partial charge in [0.1, 0.15) is 17.5 Å². The van der Waals surface area contributed by atoms with Crippen molar-refractivity contribution in [1.82, 2.24) is 4.98 Å². The lowest BCUT2D eigenvalue weighted by Gasteiger charge is -2.04. The molecule has 0 bridgehead atoms. The van der Waals surface area contributed by atoms with Crippen molar-refractivity contribution in [3.8, 4) is 11.3 Å². The molecule has 0 radical (unpaired) electrons. The number of rotatable bonds is 4. The third kappa shape index (κ3) is 7.01. The Labute approximate surface area is 275 Å². The van der Waals surface area contributed by atoms with Gasteiger partial charge in [0.15, 0.2) is 16.7 Å². The summed E-state index contributed by atoms with van der Waals surface area (Å²) in [5, 5.41) is 6.46. The molecule has 0 amide bonds. The first-order valence-electron chi connectivity index (χ1n) is 14.0. The van der Waals surface area contributed by atoms with Crippen LogP contribution in [-0.2, 0) is 0 Å². The summed E-state index contributed by atoms with van der Waals surface area (Å²) in [4.78, 5) is 27.1. The van der Waals surface area contributed by atoms with E-state index in [-0.39, 0.29) is 34.3 Å². The number of Topliss-reactive ketones (excluding diaryl/α,β-unsaturated/α-hetero) is 2. The summed E-state index contributed by atoms with van der Waals surface area (Å²) in [5.41, 5.74) is 8.46. The van der Waals surface area contributed by atoms with Crippen LogP contribution >= 0.6 is 27.3 Å². The van der Waals surface area contributed by atoms with Gasteiger partial charge in [0.05, 0.1) is 11.0 Å². The molecule has 230 valence electrons. The van der Waals surface area contributed by atoms with Crippen LogP contribution in [0.2, 0.25) is 0 Å². The molecule has 6 aromatic carbocycles. The largest absolute Gasteiger partial charge is 0.375 e. The zero-order chi connectivity index (χ0) is 32.8. The standard InChI is InChI=1S/C13H9FN2S.C12H8BrFO.C12H9FO/c14-11-6-5-10(12-7-17-13(15)16-12)8-3-1-2-4-9(8)11;13-7-12(15)10-5-6-11(14)9-4-2-1-3-8(9)10;1-8(14)9-6-7-12(13)11-5-3-2-4-10(9)11/h1-7H,(H2,15,16);1-6H,7H2;2-7H,1H3. The van der Waals surface area contributed by atoms with Crippen LogP contribution in [0.15, 0.2) is 115 Å². The zero-order valence-corrected chi connectivity index (χ0v) is 26.8. The maximum Gasteiger partial charge on any atom is 0.180 e. The zero-order valence-electron chi connectivity index (χ0n) is 24.4. The molecular weight excluding hydrogens is 673 g/mol. The van der Waals surface area contributed by atoms with Crippen molar-refractivity contribution < 1.29 is 22.8 Å². The maximum absolute atomic E-state index is 13.6. The smallest absolute Gasteiger partial charge is 0.180 e. The Morgan fingerprint density at radius 2 is 1.09 bits per heavy atom. The first-order valence-corrected chi connectivity index (χ1v) is 16.0. The van der Waals surface area contributed by atoms with Gasteiger partial charge < -0.3 is 5.73 Å². The van der Waals surface area contributed by atoms with E-state index in [4.69, 9.17) is 5.73 Å². The van der Waals surface area contributed by atoms with Gasteiger partial charge in [-0.2, -0.15) is 0 Å². The third-order valence-electron chi connectivity index (χ3n) is 7.21. The highest BCUT2D eigenvalue weighted by Gasteiger charge is 2.12. The molecule has 0 unspecified atom stereocenters. The van der Waals surface area contributed by atoms with E-state index in [0.29, 0.717) is 43.2 Å². The summed E-state index contributed by atoms with van der Waals surface area (Å²) < 4.78 is 40.4. The first kappa shape index (κ1) is 32.5. The lowest BCUT2D eigenvalue weighted by atomic mass is 10.0. The number of nitrogens with two attached hydrogens (primary N) is 1. The number of carbonyl (C=O) groups is 2. The van der Waals surface area contributed by atoms with E-state index in [9.17, 15) is 22.8 Å². The number of nitrogens with zero attached hydrogens (tertiary/aromatic N) is 1.